The van der Waals surface area contributed by atoms with Gasteiger partial charge in [-0.2, -0.15) is 0 Å². The Labute approximate surface area is 224 Å². The minimum atomic E-state index is -0.428. The summed E-state index contributed by atoms with van der Waals surface area (Å²) in [7, 11) is 7.46. The number of anilines is 2. The van der Waals surface area contributed by atoms with Gasteiger partial charge in [-0.1, -0.05) is 24.1 Å². The molecule has 0 spiro atoms. The smallest absolute Gasteiger partial charge is 0.273 e. The topological polar surface area (TPSA) is 142 Å². The van der Waals surface area contributed by atoms with E-state index in [1.54, 1.807) is 14.2 Å². The number of carbonyl (C=O) groups excluding carboxylic acids is 2. The Bertz CT molecular complexity index is 1060. The molecular formula is C26H40ClN6O4+. The number of nitrogen functional groups attached to an aromatic ring is 2. The third-order valence-electron chi connectivity index (χ3n) is 6.23. The van der Waals surface area contributed by atoms with Crippen molar-refractivity contribution >= 4 is 34.9 Å². The summed E-state index contributed by atoms with van der Waals surface area (Å²) >= 11 is 5.84. The number of nitrogens with one attached hydrogen (secondary N) is 1. The minimum absolute atomic E-state index is 0.00696. The van der Waals surface area contributed by atoms with E-state index in [1.807, 2.05) is 18.2 Å². The number of aromatic nitrogens is 2. The van der Waals surface area contributed by atoms with Crippen LogP contribution in [0.15, 0.2) is 18.2 Å². The molecule has 0 aliphatic rings. The molecule has 1 aromatic heterocycles. The van der Waals surface area contributed by atoms with Crippen LogP contribution in [0.4, 0.5) is 11.6 Å². The molecule has 0 saturated heterocycles. The van der Waals surface area contributed by atoms with Crippen molar-refractivity contribution in [2.75, 3.05) is 59.4 Å². The molecule has 0 fully saturated rings. The zero-order valence-electron chi connectivity index (χ0n) is 22.3. The number of quaternary nitrogens is 1. The maximum atomic E-state index is 12.3. The van der Waals surface area contributed by atoms with Gasteiger partial charge in [-0.25, -0.2) is 9.97 Å². The molecule has 2 rings (SSSR count). The van der Waals surface area contributed by atoms with Crippen LogP contribution in [0, 0.1) is 0 Å². The highest BCUT2D eigenvalue weighted by molar-refractivity contribution is 6.31. The van der Waals surface area contributed by atoms with E-state index in [0.717, 1.165) is 48.8 Å². The van der Waals surface area contributed by atoms with Gasteiger partial charge in [0.1, 0.15) is 5.78 Å². The van der Waals surface area contributed by atoms with Gasteiger partial charge < -0.3 is 30.7 Å². The van der Waals surface area contributed by atoms with Crippen molar-refractivity contribution in [3.05, 3.63) is 34.6 Å². The Morgan fingerprint density at radius 1 is 0.946 bits per heavy atom. The van der Waals surface area contributed by atoms with Gasteiger partial charge in [-0.15, -0.1) is 0 Å². The third-order valence-corrected chi connectivity index (χ3v) is 6.51. The molecule has 37 heavy (non-hydrogen) atoms. The third kappa shape index (κ3) is 10.0. The van der Waals surface area contributed by atoms with Crippen molar-refractivity contribution in [1.29, 1.82) is 0 Å². The van der Waals surface area contributed by atoms with E-state index in [4.69, 9.17) is 32.5 Å². The van der Waals surface area contributed by atoms with Crippen molar-refractivity contribution < 1.29 is 23.5 Å². The summed E-state index contributed by atoms with van der Waals surface area (Å²) in [6.45, 7) is 2.18. The van der Waals surface area contributed by atoms with Gasteiger partial charge in [-0.3, -0.25) is 9.59 Å². The Kier molecular flexibility index (Phi) is 11.9. The largest absolute Gasteiger partial charge is 0.493 e. The average molecular weight is 536 g/mol. The first-order chi connectivity index (χ1) is 17.6. The van der Waals surface area contributed by atoms with Gasteiger partial charge >= 0.3 is 0 Å². The Hall–Kier alpha value is -3.11. The number of methoxy groups -OCH3 is 2. The average Bonchev–Trinajstić information content (AvgIpc) is 2.86. The molecule has 1 heterocycles. The van der Waals surface area contributed by atoms with Crippen LogP contribution in [0.5, 0.6) is 11.5 Å². The fourth-order valence-electron chi connectivity index (χ4n) is 3.94. The number of unbranched alkanes of at least 4 members (excludes halogenated alkanes) is 3. The first-order valence-corrected chi connectivity index (χ1v) is 12.9. The quantitative estimate of drug-likeness (QED) is 0.219. The molecule has 2 aromatic rings. The molecule has 0 unspecified atom stereocenters. The number of hydrogen-bond acceptors (Lipinski definition) is 8. The summed E-state index contributed by atoms with van der Waals surface area (Å²) in [6, 6.07) is 5.76. The number of carbonyl (C=O) groups is 2. The van der Waals surface area contributed by atoms with E-state index in [1.165, 1.54) is 0 Å². The lowest BCUT2D eigenvalue weighted by atomic mass is 10.0. The molecule has 1 amide bonds. The molecule has 0 radical (unpaired) electrons. The second-order valence-electron chi connectivity index (χ2n) is 9.66. The lowest BCUT2D eigenvalue weighted by molar-refractivity contribution is -0.889. The van der Waals surface area contributed by atoms with E-state index in [9.17, 15) is 9.59 Å². The number of rotatable bonds is 16. The fourth-order valence-corrected chi connectivity index (χ4v) is 4.06. The Balaban J connectivity index is 1.59. The summed E-state index contributed by atoms with van der Waals surface area (Å²) < 4.78 is 11.3. The number of likely N-dealkylation sites (N-methyl/N-ethyl adjacent to an activating group) is 1. The number of Topliss-reactive ketones (excluding diaryl/α,β-unsaturated/α-hetero) is 1. The van der Waals surface area contributed by atoms with Crippen molar-refractivity contribution in [2.45, 2.75) is 44.9 Å². The molecule has 204 valence electrons. The number of halogens is 1. The monoisotopic (exact) mass is 535 g/mol. The summed E-state index contributed by atoms with van der Waals surface area (Å²) in [4.78, 5) is 32.4. The van der Waals surface area contributed by atoms with Crippen LogP contribution in [0.3, 0.4) is 0 Å². The van der Waals surface area contributed by atoms with Crippen LogP contribution in [-0.2, 0) is 11.2 Å². The lowest BCUT2D eigenvalue weighted by Gasteiger charge is -2.30. The highest BCUT2D eigenvalue weighted by Gasteiger charge is 2.18. The summed E-state index contributed by atoms with van der Waals surface area (Å²) in [6.07, 6.45) is 5.88. The first kappa shape index (κ1) is 30.1. The molecule has 1 aromatic carbocycles. The van der Waals surface area contributed by atoms with Gasteiger partial charge in [0.15, 0.2) is 34.0 Å². The number of nitrogens with two attached hydrogens (primary N) is 2. The highest BCUT2D eigenvalue weighted by atomic mass is 35.5. The highest BCUT2D eigenvalue weighted by Crippen LogP contribution is 2.28. The van der Waals surface area contributed by atoms with Gasteiger partial charge in [-0.05, 0) is 43.4 Å². The normalized spacial score (nSPS) is 11.3. The van der Waals surface area contributed by atoms with Crippen LogP contribution in [0.2, 0.25) is 5.15 Å². The summed E-state index contributed by atoms with van der Waals surface area (Å²) in [5.74, 6) is 1.17. The molecule has 10 nitrogen and oxygen atoms in total. The van der Waals surface area contributed by atoms with Crippen molar-refractivity contribution in [1.82, 2.24) is 15.3 Å². The van der Waals surface area contributed by atoms with Gasteiger partial charge in [0.2, 0.25) is 0 Å². The lowest BCUT2D eigenvalue weighted by Crippen LogP contribution is -2.46. The maximum absolute atomic E-state index is 12.3. The minimum Gasteiger partial charge on any atom is -0.493 e. The van der Waals surface area contributed by atoms with E-state index >= 15 is 0 Å². The van der Waals surface area contributed by atoms with Crippen LogP contribution >= 0.6 is 11.6 Å². The number of hydrogen-bond donors (Lipinski definition) is 3. The predicted octanol–water partition coefficient (Wildman–Crippen LogP) is 3.27. The molecule has 5 N–H and O–H groups in total. The van der Waals surface area contributed by atoms with Crippen LogP contribution < -0.4 is 26.3 Å². The SMILES string of the molecule is COc1ccc(CCC(=O)CCCCCC[N+](C)(C)CCNC(=O)c2nc(Cl)c(N)nc2N)cc1OC. The zero-order chi connectivity index (χ0) is 27.4. The number of ketones is 1. The number of ether oxygens (including phenoxy) is 2. The second-order valence-corrected chi connectivity index (χ2v) is 10.0. The van der Waals surface area contributed by atoms with Crippen molar-refractivity contribution in [3.8, 4) is 11.5 Å². The fraction of sp³-hybridized carbons (Fsp3) is 0.538. The number of benzene rings is 1. The van der Waals surface area contributed by atoms with Crippen molar-refractivity contribution in [3.63, 3.8) is 0 Å². The second kappa shape index (κ2) is 14.6. The van der Waals surface area contributed by atoms with E-state index in [0.29, 0.717) is 37.3 Å². The standard InChI is InChI=1S/C26H39ClN6O4/c1-33(2,16-14-30-26(35)22-24(28)32-25(29)23(27)31-22)15-8-6-5-7-9-19(34)12-10-18-11-13-20(36-3)21(17-18)37-4/h11,13,17H,5-10,12,14-16H2,1-4H3,(H4-,28,29,30,32,35)/p+1. The Morgan fingerprint density at radius 3 is 2.35 bits per heavy atom. The molecule has 0 bridgehead atoms. The van der Waals surface area contributed by atoms with Crippen LogP contribution in [-0.4, -0.2) is 74.1 Å². The zero-order valence-corrected chi connectivity index (χ0v) is 23.1. The van der Waals surface area contributed by atoms with E-state index in [2.05, 4.69) is 29.4 Å². The molecule has 0 saturated carbocycles. The molecule has 0 aliphatic carbocycles. The first-order valence-electron chi connectivity index (χ1n) is 12.5. The maximum Gasteiger partial charge on any atom is 0.273 e. The molecule has 0 atom stereocenters. The predicted molar refractivity (Wildman–Crippen MR) is 146 cm³/mol. The Morgan fingerprint density at radius 2 is 1.65 bits per heavy atom. The van der Waals surface area contributed by atoms with Gasteiger partial charge in [0.05, 0.1) is 47.9 Å². The molecular weight excluding hydrogens is 496 g/mol. The number of amides is 1. The molecule has 0 aliphatic heterocycles. The van der Waals surface area contributed by atoms with E-state index < -0.39 is 5.91 Å². The number of nitrogens with zero attached hydrogens (tertiary/aromatic N) is 3. The van der Waals surface area contributed by atoms with Crippen LogP contribution in [0.25, 0.3) is 0 Å². The van der Waals surface area contributed by atoms with Crippen LogP contribution in [0.1, 0.15) is 54.6 Å². The van der Waals surface area contributed by atoms with Gasteiger partial charge in [0, 0.05) is 12.8 Å². The molecule has 11 heteroatoms. The van der Waals surface area contributed by atoms with E-state index in [-0.39, 0.29) is 28.3 Å². The number of aryl methyl sites for hydroxylation is 1. The van der Waals surface area contributed by atoms with Crippen molar-refractivity contribution in [2.24, 2.45) is 0 Å². The summed E-state index contributed by atoms with van der Waals surface area (Å²) in [5.41, 5.74) is 12.3. The van der Waals surface area contributed by atoms with Gasteiger partial charge in [0.25, 0.3) is 5.91 Å². The summed E-state index contributed by atoms with van der Waals surface area (Å²) in [5, 5.41) is 2.77.